The van der Waals surface area contributed by atoms with Crippen LogP contribution in [0.1, 0.15) is 26.3 Å². The number of aromatic carboxylic acids is 1. The highest BCUT2D eigenvalue weighted by atomic mass is 19.4. The molecule has 0 spiro atoms. The first kappa shape index (κ1) is 17.9. The number of carboxylic acids is 1. The van der Waals surface area contributed by atoms with E-state index in [4.69, 9.17) is 5.11 Å². The minimum atomic E-state index is -4.97. The number of rotatable bonds is 5. The zero-order valence-electron chi connectivity index (χ0n) is 12.1. The minimum Gasteiger partial charge on any atom is -0.478 e. The first-order chi connectivity index (χ1) is 11.6. The third-order valence-electron chi connectivity index (χ3n) is 3.02. The van der Waals surface area contributed by atoms with Crippen LogP contribution in [-0.4, -0.2) is 28.1 Å². The van der Waals surface area contributed by atoms with Gasteiger partial charge in [-0.05, 0) is 18.2 Å². The van der Waals surface area contributed by atoms with E-state index in [2.05, 4.69) is 4.74 Å². The smallest absolute Gasteiger partial charge is 0.478 e. The van der Waals surface area contributed by atoms with Crippen LogP contribution in [0.3, 0.4) is 0 Å². The van der Waals surface area contributed by atoms with Crippen LogP contribution in [0.15, 0.2) is 42.5 Å². The predicted molar refractivity (Wildman–Crippen MR) is 76.6 cm³/mol. The van der Waals surface area contributed by atoms with E-state index in [0.29, 0.717) is 0 Å². The van der Waals surface area contributed by atoms with E-state index in [-0.39, 0.29) is 5.56 Å². The van der Waals surface area contributed by atoms with E-state index < -0.39 is 45.6 Å². The molecule has 0 radical (unpaired) electrons. The van der Waals surface area contributed by atoms with Crippen LogP contribution in [0.2, 0.25) is 0 Å². The Bertz CT molecular complexity index is 863. The summed E-state index contributed by atoms with van der Waals surface area (Å²) in [4.78, 5) is 33.6. The van der Waals surface area contributed by atoms with E-state index in [1.807, 2.05) is 0 Å². The van der Waals surface area contributed by atoms with Crippen molar-refractivity contribution in [3.05, 3.63) is 69.3 Å². The molecule has 0 bridgehead atoms. The van der Waals surface area contributed by atoms with Gasteiger partial charge in [-0.2, -0.15) is 0 Å². The molecule has 7 nitrogen and oxygen atoms in total. The summed E-state index contributed by atoms with van der Waals surface area (Å²) in [7, 11) is 0. The van der Waals surface area contributed by atoms with E-state index >= 15 is 0 Å². The number of ketones is 1. The number of nitro benzene ring substituents is 1. The lowest BCUT2D eigenvalue weighted by Gasteiger charge is -2.10. The van der Waals surface area contributed by atoms with E-state index in [1.165, 1.54) is 0 Å². The molecule has 0 unspecified atom stereocenters. The lowest BCUT2D eigenvalue weighted by Crippen LogP contribution is -2.17. The van der Waals surface area contributed by atoms with Gasteiger partial charge in [-0.1, -0.05) is 12.1 Å². The first-order valence-electron chi connectivity index (χ1n) is 6.51. The summed E-state index contributed by atoms with van der Waals surface area (Å²) in [6.07, 6.45) is -4.97. The number of hydrogen-bond acceptors (Lipinski definition) is 5. The Labute approximate surface area is 137 Å². The summed E-state index contributed by atoms with van der Waals surface area (Å²) in [5, 5.41) is 19.9. The number of nitro groups is 1. The molecule has 0 atom stereocenters. The van der Waals surface area contributed by atoms with E-state index in [1.54, 1.807) is 0 Å². The molecule has 0 fully saturated rings. The zero-order valence-corrected chi connectivity index (χ0v) is 12.1. The number of hydrogen-bond donors (Lipinski definition) is 1. The number of non-ortho nitro benzene ring substituents is 1. The van der Waals surface area contributed by atoms with Crippen molar-refractivity contribution >= 4 is 17.4 Å². The molecule has 25 heavy (non-hydrogen) atoms. The Hall–Kier alpha value is -3.43. The Morgan fingerprint density at radius 2 is 1.76 bits per heavy atom. The van der Waals surface area contributed by atoms with Crippen LogP contribution in [0.25, 0.3) is 0 Å². The van der Waals surface area contributed by atoms with Gasteiger partial charge in [0.1, 0.15) is 5.75 Å². The number of carboxylic acid groups (broad SMARTS) is 1. The highest BCUT2D eigenvalue weighted by Crippen LogP contribution is 2.26. The summed E-state index contributed by atoms with van der Waals surface area (Å²) < 4.78 is 40.4. The molecule has 2 aromatic carbocycles. The van der Waals surface area contributed by atoms with Crippen molar-refractivity contribution in [2.45, 2.75) is 6.36 Å². The molecule has 0 aliphatic rings. The molecule has 0 heterocycles. The molecule has 0 aliphatic carbocycles. The Morgan fingerprint density at radius 3 is 2.32 bits per heavy atom. The lowest BCUT2D eigenvalue weighted by atomic mass is 9.97. The summed E-state index contributed by atoms with van der Waals surface area (Å²) in [6.45, 7) is 0. The summed E-state index contributed by atoms with van der Waals surface area (Å²) >= 11 is 0. The fourth-order valence-electron chi connectivity index (χ4n) is 2.01. The molecular formula is C15H8F3NO6. The van der Waals surface area contributed by atoms with Crippen LogP contribution in [0.5, 0.6) is 5.75 Å². The molecule has 0 aliphatic heterocycles. The molecule has 0 aromatic heterocycles. The second-order valence-electron chi connectivity index (χ2n) is 4.70. The van der Waals surface area contributed by atoms with Crippen LogP contribution < -0.4 is 4.74 Å². The Kier molecular flexibility index (Phi) is 4.72. The number of alkyl halides is 3. The van der Waals surface area contributed by atoms with Gasteiger partial charge < -0.3 is 9.84 Å². The summed E-state index contributed by atoms with van der Waals surface area (Å²) in [5.41, 5.74) is -1.88. The Morgan fingerprint density at radius 1 is 1.08 bits per heavy atom. The Balaban J connectivity index is 2.50. The SMILES string of the molecule is O=C(O)c1ccc([N+](=O)[O-])cc1C(=O)c1cccc(OC(F)(F)F)c1. The fourth-order valence-corrected chi connectivity index (χ4v) is 2.01. The standard InChI is InChI=1S/C15H8F3NO6/c16-15(17,18)25-10-3-1-2-8(6-10)13(20)12-7-9(19(23)24)4-5-11(12)14(21)22/h1-7H,(H,21,22). The molecule has 130 valence electrons. The lowest BCUT2D eigenvalue weighted by molar-refractivity contribution is -0.384. The minimum absolute atomic E-state index is 0.315. The number of ether oxygens (including phenoxy) is 1. The van der Waals surface area contributed by atoms with Gasteiger partial charge in [0.25, 0.3) is 5.69 Å². The highest BCUT2D eigenvalue weighted by Gasteiger charge is 2.31. The second kappa shape index (κ2) is 6.59. The second-order valence-corrected chi connectivity index (χ2v) is 4.70. The maximum absolute atomic E-state index is 12.4. The van der Waals surface area contributed by atoms with Crippen molar-refractivity contribution in [1.82, 2.24) is 0 Å². The van der Waals surface area contributed by atoms with Crippen LogP contribution in [-0.2, 0) is 0 Å². The van der Waals surface area contributed by atoms with Gasteiger partial charge in [-0.25, -0.2) is 4.79 Å². The number of nitrogens with zero attached hydrogens (tertiary/aromatic N) is 1. The fraction of sp³-hybridized carbons (Fsp3) is 0.0667. The van der Waals surface area contributed by atoms with Crippen LogP contribution in [0.4, 0.5) is 18.9 Å². The van der Waals surface area contributed by atoms with E-state index in [9.17, 15) is 32.9 Å². The highest BCUT2D eigenvalue weighted by molar-refractivity contribution is 6.14. The molecule has 0 saturated heterocycles. The van der Waals surface area contributed by atoms with Crippen molar-refractivity contribution in [3.63, 3.8) is 0 Å². The average molecular weight is 355 g/mol. The number of carbonyl (C=O) groups is 2. The topological polar surface area (TPSA) is 107 Å². The quantitative estimate of drug-likeness (QED) is 0.500. The number of benzene rings is 2. The van der Waals surface area contributed by atoms with Crippen LogP contribution in [0, 0.1) is 10.1 Å². The van der Waals surface area contributed by atoms with Crippen molar-refractivity contribution in [3.8, 4) is 5.75 Å². The zero-order chi connectivity index (χ0) is 18.8. The van der Waals surface area contributed by atoms with Gasteiger partial charge in [-0.3, -0.25) is 14.9 Å². The first-order valence-corrected chi connectivity index (χ1v) is 6.51. The molecule has 2 rings (SSSR count). The van der Waals surface area contributed by atoms with Gasteiger partial charge in [0, 0.05) is 23.3 Å². The van der Waals surface area contributed by atoms with E-state index in [0.717, 1.165) is 42.5 Å². The summed E-state index contributed by atoms with van der Waals surface area (Å²) in [6, 6.07) is 6.49. The molecule has 1 N–H and O–H groups in total. The van der Waals surface area contributed by atoms with Gasteiger partial charge in [0.15, 0.2) is 5.78 Å². The summed E-state index contributed by atoms with van der Waals surface area (Å²) in [5.74, 6) is -3.18. The maximum Gasteiger partial charge on any atom is 0.573 e. The molecule has 0 saturated carbocycles. The van der Waals surface area contributed by atoms with Gasteiger partial charge in [0.05, 0.1) is 10.5 Å². The maximum atomic E-state index is 12.4. The normalized spacial score (nSPS) is 11.0. The van der Waals surface area contributed by atoms with Gasteiger partial charge in [-0.15, -0.1) is 13.2 Å². The third kappa shape index (κ3) is 4.31. The monoisotopic (exact) mass is 355 g/mol. The molecule has 0 amide bonds. The molecule has 10 heteroatoms. The molecule has 2 aromatic rings. The van der Waals surface area contributed by atoms with Crippen molar-refractivity contribution in [2.75, 3.05) is 0 Å². The average Bonchev–Trinajstić information content (AvgIpc) is 2.52. The predicted octanol–water partition coefficient (Wildman–Crippen LogP) is 3.42. The number of carbonyl (C=O) groups excluding carboxylic acids is 1. The third-order valence-corrected chi connectivity index (χ3v) is 3.02. The van der Waals surface area contributed by atoms with Gasteiger partial charge >= 0.3 is 12.3 Å². The van der Waals surface area contributed by atoms with Crippen LogP contribution >= 0.6 is 0 Å². The van der Waals surface area contributed by atoms with Gasteiger partial charge in [0.2, 0.25) is 0 Å². The van der Waals surface area contributed by atoms with Crippen molar-refractivity contribution in [2.24, 2.45) is 0 Å². The largest absolute Gasteiger partial charge is 0.573 e. The van der Waals surface area contributed by atoms with Crippen molar-refractivity contribution < 1.29 is 37.5 Å². The van der Waals surface area contributed by atoms with Crippen molar-refractivity contribution in [1.29, 1.82) is 0 Å². The number of halogens is 3. The molecular weight excluding hydrogens is 347 g/mol.